The van der Waals surface area contributed by atoms with Gasteiger partial charge in [0.05, 0.1) is 5.52 Å². The molecule has 3 aromatic rings. The van der Waals surface area contributed by atoms with Gasteiger partial charge >= 0.3 is 5.76 Å². The number of benzene rings is 1. The Labute approximate surface area is 150 Å². The van der Waals surface area contributed by atoms with Gasteiger partial charge < -0.3 is 9.32 Å². The number of aromatic nitrogens is 3. The predicted octanol–water partition coefficient (Wildman–Crippen LogP) is 2.17. The molecule has 4 rings (SSSR count). The Bertz CT molecular complexity index is 1050. The van der Waals surface area contributed by atoms with E-state index in [1.54, 1.807) is 25.2 Å². The zero-order chi connectivity index (χ0) is 18.4. The minimum absolute atomic E-state index is 0.0487. The standard InChI is InChI=1S/C19H20N4O3/c1-11-8-12(2)21-17(20-11)14-6-7-23(10-14)18(24)13-4-5-16-15(9-13)22(3)19(25)26-16/h4-5,8-9,14H,6-7,10H2,1-3H3/t14-/m1/s1. The van der Waals surface area contributed by atoms with E-state index in [1.165, 1.54) is 4.57 Å². The summed E-state index contributed by atoms with van der Waals surface area (Å²) in [6, 6.07) is 7.04. The summed E-state index contributed by atoms with van der Waals surface area (Å²) >= 11 is 0. The fourth-order valence-corrected chi connectivity index (χ4v) is 3.53. The van der Waals surface area contributed by atoms with Crippen molar-refractivity contribution < 1.29 is 9.21 Å². The van der Waals surface area contributed by atoms with Gasteiger partial charge in [0.2, 0.25) is 0 Å². The summed E-state index contributed by atoms with van der Waals surface area (Å²) in [7, 11) is 1.63. The lowest BCUT2D eigenvalue weighted by atomic mass is 10.1. The number of amides is 1. The highest BCUT2D eigenvalue weighted by Gasteiger charge is 2.30. The average Bonchev–Trinajstić information content (AvgIpc) is 3.19. The van der Waals surface area contributed by atoms with Crippen LogP contribution in [0.1, 0.15) is 39.9 Å². The lowest BCUT2D eigenvalue weighted by molar-refractivity contribution is 0.0790. The van der Waals surface area contributed by atoms with Crippen molar-refractivity contribution in [2.75, 3.05) is 13.1 Å². The third-order valence-corrected chi connectivity index (χ3v) is 4.88. The quantitative estimate of drug-likeness (QED) is 0.706. The fourth-order valence-electron chi connectivity index (χ4n) is 3.53. The van der Waals surface area contributed by atoms with Gasteiger partial charge in [-0.3, -0.25) is 9.36 Å². The number of rotatable bonds is 2. The van der Waals surface area contributed by atoms with Crippen LogP contribution in [0.25, 0.3) is 11.1 Å². The number of hydrogen-bond donors (Lipinski definition) is 0. The highest BCUT2D eigenvalue weighted by atomic mass is 16.4. The second-order valence-corrected chi connectivity index (χ2v) is 6.86. The van der Waals surface area contributed by atoms with E-state index in [1.807, 2.05) is 24.8 Å². The van der Waals surface area contributed by atoms with Crippen LogP contribution in [0.15, 0.2) is 33.5 Å². The van der Waals surface area contributed by atoms with E-state index in [-0.39, 0.29) is 11.8 Å². The molecule has 7 nitrogen and oxygen atoms in total. The summed E-state index contributed by atoms with van der Waals surface area (Å²) in [5.74, 6) is 0.482. The smallest absolute Gasteiger partial charge is 0.408 e. The van der Waals surface area contributed by atoms with Crippen LogP contribution < -0.4 is 5.76 Å². The van der Waals surface area contributed by atoms with Gasteiger partial charge in [-0.1, -0.05) is 0 Å². The van der Waals surface area contributed by atoms with Gasteiger partial charge in [0, 0.05) is 43.0 Å². The summed E-state index contributed by atoms with van der Waals surface area (Å²) in [6.45, 7) is 5.19. The van der Waals surface area contributed by atoms with Crippen molar-refractivity contribution >= 4 is 17.0 Å². The van der Waals surface area contributed by atoms with Crippen LogP contribution in [0.4, 0.5) is 0 Å². The number of fused-ring (bicyclic) bond motifs is 1. The van der Waals surface area contributed by atoms with E-state index >= 15 is 0 Å². The van der Waals surface area contributed by atoms with Gasteiger partial charge in [-0.15, -0.1) is 0 Å². The van der Waals surface area contributed by atoms with E-state index in [2.05, 4.69) is 9.97 Å². The lowest BCUT2D eigenvalue weighted by Gasteiger charge is -2.16. The van der Waals surface area contributed by atoms with E-state index in [0.717, 1.165) is 23.6 Å². The van der Waals surface area contributed by atoms with Crippen LogP contribution in [0, 0.1) is 13.8 Å². The van der Waals surface area contributed by atoms with Gasteiger partial charge in [-0.25, -0.2) is 14.8 Å². The van der Waals surface area contributed by atoms with Crippen molar-refractivity contribution in [3.05, 3.63) is 57.6 Å². The molecular formula is C19H20N4O3. The molecule has 0 saturated carbocycles. The molecule has 1 amide bonds. The second-order valence-electron chi connectivity index (χ2n) is 6.86. The van der Waals surface area contributed by atoms with Crippen molar-refractivity contribution in [1.82, 2.24) is 19.4 Å². The molecule has 1 aromatic carbocycles. The zero-order valence-corrected chi connectivity index (χ0v) is 15.0. The third kappa shape index (κ3) is 2.79. The number of aryl methyl sites for hydroxylation is 3. The summed E-state index contributed by atoms with van der Waals surface area (Å²) in [6.07, 6.45) is 0.848. The Morgan fingerprint density at radius 2 is 1.92 bits per heavy atom. The van der Waals surface area contributed by atoms with Gasteiger partial charge in [-0.2, -0.15) is 0 Å². The highest BCUT2D eigenvalue weighted by Crippen LogP contribution is 2.27. The molecule has 0 spiro atoms. The minimum atomic E-state index is -0.433. The van der Waals surface area contributed by atoms with Crippen molar-refractivity contribution in [3.8, 4) is 0 Å². The van der Waals surface area contributed by atoms with E-state index < -0.39 is 5.76 Å². The topological polar surface area (TPSA) is 81.2 Å². The first kappa shape index (κ1) is 16.5. The van der Waals surface area contributed by atoms with Gasteiger partial charge in [0.1, 0.15) is 5.82 Å². The zero-order valence-electron chi connectivity index (χ0n) is 15.0. The maximum atomic E-state index is 12.9. The molecule has 1 aliphatic rings. The summed E-state index contributed by atoms with van der Waals surface area (Å²) in [4.78, 5) is 35.4. The predicted molar refractivity (Wildman–Crippen MR) is 96.2 cm³/mol. The van der Waals surface area contributed by atoms with Crippen LogP contribution in [-0.2, 0) is 7.05 Å². The van der Waals surface area contributed by atoms with Gasteiger partial charge in [-0.05, 0) is 44.5 Å². The van der Waals surface area contributed by atoms with Gasteiger partial charge in [0.25, 0.3) is 5.91 Å². The van der Waals surface area contributed by atoms with Crippen molar-refractivity contribution in [2.24, 2.45) is 7.05 Å². The molecule has 0 radical (unpaired) electrons. The lowest BCUT2D eigenvalue weighted by Crippen LogP contribution is -2.28. The minimum Gasteiger partial charge on any atom is -0.408 e. The third-order valence-electron chi connectivity index (χ3n) is 4.88. The van der Waals surface area contributed by atoms with Gasteiger partial charge in [0.15, 0.2) is 5.58 Å². The van der Waals surface area contributed by atoms with E-state index in [4.69, 9.17) is 4.42 Å². The molecule has 0 N–H and O–H groups in total. The van der Waals surface area contributed by atoms with Crippen molar-refractivity contribution in [3.63, 3.8) is 0 Å². The van der Waals surface area contributed by atoms with E-state index in [0.29, 0.717) is 29.8 Å². The molecule has 26 heavy (non-hydrogen) atoms. The Hall–Kier alpha value is -2.96. The van der Waals surface area contributed by atoms with E-state index in [9.17, 15) is 9.59 Å². The molecule has 0 aliphatic carbocycles. The summed E-state index contributed by atoms with van der Waals surface area (Å²) < 4.78 is 6.53. The molecule has 1 saturated heterocycles. The molecule has 7 heteroatoms. The molecule has 134 valence electrons. The summed E-state index contributed by atoms with van der Waals surface area (Å²) in [5, 5.41) is 0. The number of nitrogens with zero attached hydrogens (tertiary/aromatic N) is 4. The molecule has 1 fully saturated rings. The maximum Gasteiger partial charge on any atom is 0.419 e. The first-order valence-electron chi connectivity index (χ1n) is 8.63. The molecule has 1 atom stereocenters. The van der Waals surface area contributed by atoms with Crippen molar-refractivity contribution in [2.45, 2.75) is 26.2 Å². The average molecular weight is 352 g/mol. The van der Waals surface area contributed by atoms with Crippen LogP contribution in [-0.4, -0.2) is 38.4 Å². The molecule has 1 aliphatic heterocycles. The Kier molecular flexibility index (Phi) is 3.86. The maximum absolute atomic E-state index is 12.9. The number of oxazole rings is 1. The first-order chi connectivity index (χ1) is 12.4. The number of carbonyl (C=O) groups is 1. The van der Waals surface area contributed by atoms with Crippen LogP contribution in [0.2, 0.25) is 0 Å². The molecule has 2 aromatic heterocycles. The Morgan fingerprint density at radius 3 is 2.65 bits per heavy atom. The Balaban J connectivity index is 1.58. The number of hydrogen-bond acceptors (Lipinski definition) is 5. The highest BCUT2D eigenvalue weighted by molar-refractivity contribution is 5.97. The molecule has 0 unspecified atom stereocenters. The normalized spacial score (nSPS) is 17.2. The fraction of sp³-hybridized carbons (Fsp3) is 0.368. The van der Waals surface area contributed by atoms with Crippen LogP contribution >= 0.6 is 0 Å². The number of likely N-dealkylation sites (tertiary alicyclic amines) is 1. The molecule has 0 bridgehead atoms. The summed E-state index contributed by atoms with van der Waals surface area (Å²) in [5.41, 5.74) is 3.55. The SMILES string of the molecule is Cc1cc(C)nc([C@@H]2CCN(C(=O)c3ccc4oc(=O)n(C)c4c3)C2)n1. The second kappa shape index (κ2) is 6.09. The first-order valence-corrected chi connectivity index (χ1v) is 8.63. The number of carbonyl (C=O) groups excluding carboxylic acids is 1. The largest absolute Gasteiger partial charge is 0.419 e. The monoisotopic (exact) mass is 352 g/mol. The molecular weight excluding hydrogens is 332 g/mol. The van der Waals surface area contributed by atoms with Crippen LogP contribution in [0.5, 0.6) is 0 Å². The molecule has 3 heterocycles. The van der Waals surface area contributed by atoms with Crippen molar-refractivity contribution in [1.29, 1.82) is 0 Å². The van der Waals surface area contributed by atoms with Crippen LogP contribution in [0.3, 0.4) is 0 Å². The Morgan fingerprint density at radius 1 is 1.19 bits per heavy atom.